The maximum Gasteiger partial charge on any atom is 0.333 e. The molecule has 1 aromatic carbocycles. The van der Waals surface area contributed by atoms with Gasteiger partial charge in [-0.3, -0.25) is 0 Å². The van der Waals surface area contributed by atoms with Gasteiger partial charge in [-0.1, -0.05) is 52.8 Å². The van der Waals surface area contributed by atoms with Crippen LogP contribution in [0.25, 0.3) is 0 Å². The van der Waals surface area contributed by atoms with Crippen molar-refractivity contribution in [3.05, 3.63) is 48.0 Å². The maximum absolute atomic E-state index is 11.8. The first kappa shape index (κ1) is 18.1. The molecule has 0 fully saturated rings. The van der Waals surface area contributed by atoms with Crippen molar-refractivity contribution in [2.75, 3.05) is 11.6 Å². The Morgan fingerprint density at radius 3 is 2.48 bits per heavy atom. The third-order valence-electron chi connectivity index (χ3n) is 2.95. The van der Waals surface area contributed by atoms with E-state index in [4.69, 9.17) is 9.16 Å². The Morgan fingerprint density at radius 1 is 1.33 bits per heavy atom. The van der Waals surface area contributed by atoms with Crippen LogP contribution in [0.5, 0.6) is 0 Å². The highest BCUT2D eigenvalue weighted by Crippen LogP contribution is 2.29. The minimum absolute atomic E-state index is 0.165. The molecule has 0 aliphatic carbocycles. The van der Waals surface area contributed by atoms with E-state index in [1.54, 1.807) is 6.92 Å². The summed E-state index contributed by atoms with van der Waals surface area (Å²) in [6, 6.07) is 9.94. The predicted octanol–water partition coefficient (Wildman–Crippen LogP) is 4.39. The predicted molar refractivity (Wildman–Crippen MR) is 91.9 cm³/mol. The molecule has 21 heavy (non-hydrogen) atoms. The first-order chi connectivity index (χ1) is 9.89. The van der Waals surface area contributed by atoms with Crippen LogP contribution in [-0.2, 0) is 14.0 Å². The molecular formula is C16H23BrO3Si. The normalized spacial score (nSPS) is 12.8. The Hall–Kier alpha value is -0.913. The summed E-state index contributed by atoms with van der Waals surface area (Å²) in [4.78, 5) is 12.6. The molecule has 0 aliphatic heterocycles. The minimum atomic E-state index is -1.82. The molecule has 116 valence electrons. The van der Waals surface area contributed by atoms with Gasteiger partial charge in [-0.05, 0) is 25.6 Å². The number of alkyl halides is 1. The van der Waals surface area contributed by atoms with E-state index in [0.717, 1.165) is 10.5 Å². The summed E-state index contributed by atoms with van der Waals surface area (Å²) < 4.78 is 11.3. The lowest BCUT2D eigenvalue weighted by atomic mass is 10.0. The van der Waals surface area contributed by atoms with Crippen molar-refractivity contribution in [2.45, 2.75) is 32.5 Å². The lowest BCUT2D eigenvalue weighted by Gasteiger charge is -2.28. The van der Waals surface area contributed by atoms with Gasteiger partial charge < -0.3 is 9.16 Å². The maximum atomic E-state index is 11.8. The molecule has 1 rings (SSSR count). The average molecular weight is 371 g/mol. The van der Waals surface area contributed by atoms with Crippen LogP contribution in [0.1, 0.15) is 25.0 Å². The van der Waals surface area contributed by atoms with Crippen molar-refractivity contribution in [2.24, 2.45) is 0 Å². The molecule has 0 radical (unpaired) electrons. The van der Waals surface area contributed by atoms with Crippen LogP contribution in [0.3, 0.4) is 0 Å². The summed E-state index contributed by atoms with van der Waals surface area (Å²) >= 11 is 3.51. The monoisotopic (exact) mass is 370 g/mol. The van der Waals surface area contributed by atoms with Gasteiger partial charge in [0.15, 0.2) is 8.32 Å². The van der Waals surface area contributed by atoms with Gasteiger partial charge in [-0.15, -0.1) is 0 Å². The van der Waals surface area contributed by atoms with Gasteiger partial charge >= 0.3 is 5.97 Å². The summed E-state index contributed by atoms with van der Waals surface area (Å²) in [5, 5.41) is 0. The quantitative estimate of drug-likeness (QED) is 0.294. The van der Waals surface area contributed by atoms with Gasteiger partial charge in [0, 0.05) is 16.9 Å². The first-order valence-electron chi connectivity index (χ1n) is 7.03. The summed E-state index contributed by atoms with van der Waals surface area (Å²) in [5.41, 5.74) is 1.51. The van der Waals surface area contributed by atoms with Gasteiger partial charge in [0.2, 0.25) is 0 Å². The molecule has 0 spiro atoms. The standard InChI is InChI=1S/C16H23BrO3Si/c1-5-19-16(18)13(2)11-15(20-21(3,4)12-17)14-9-7-6-8-10-14/h6-10,15H,2,5,11-12H2,1,3-4H3/t15-/m1/s1. The van der Waals surface area contributed by atoms with Gasteiger partial charge in [0.25, 0.3) is 0 Å². The lowest BCUT2D eigenvalue weighted by Crippen LogP contribution is -2.35. The number of hydrogen-bond donors (Lipinski definition) is 0. The van der Waals surface area contributed by atoms with E-state index in [0.29, 0.717) is 18.6 Å². The van der Waals surface area contributed by atoms with Crippen LogP contribution < -0.4 is 0 Å². The minimum Gasteiger partial charge on any atom is -0.463 e. The smallest absolute Gasteiger partial charge is 0.333 e. The van der Waals surface area contributed by atoms with E-state index < -0.39 is 8.32 Å². The lowest BCUT2D eigenvalue weighted by molar-refractivity contribution is -0.138. The summed E-state index contributed by atoms with van der Waals surface area (Å²) in [6.45, 7) is 10.3. The molecule has 0 saturated heterocycles. The van der Waals surface area contributed by atoms with E-state index >= 15 is 0 Å². The molecule has 1 aromatic rings. The number of carbonyl (C=O) groups excluding carboxylic acids is 1. The summed E-state index contributed by atoms with van der Waals surface area (Å²) in [6.07, 6.45) is 0.286. The number of carbonyl (C=O) groups is 1. The first-order valence-corrected chi connectivity index (χ1v) is 11.3. The van der Waals surface area contributed by atoms with E-state index in [1.165, 1.54) is 0 Å². The molecule has 0 unspecified atom stereocenters. The Bertz CT molecular complexity index is 474. The van der Waals surface area contributed by atoms with Gasteiger partial charge in [0.1, 0.15) is 0 Å². The number of halogens is 1. The highest BCUT2D eigenvalue weighted by Gasteiger charge is 2.28. The average Bonchev–Trinajstić information content (AvgIpc) is 2.47. The zero-order valence-corrected chi connectivity index (χ0v) is 15.5. The molecule has 5 heteroatoms. The van der Waals surface area contributed by atoms with Crippen molar-refractivity contribution in [3.63, 3.8) is 0 Å². The second-order valence-electron chi connectivity index (χ2n) is 5.44. The fraction of sp³-hybridized carbons (Fsp3) is 0.438. The molecule has 0 saturated carbocycles. The van der Waals surface area contributed by atoms with Crippen LogP contribution in [0.2, 0.25) is 13.1 Å². The van der Waals surface area contributed by atoms with Crippen molar-refractivity contribution in [1.29, 1.82) is 0 Å². The molecule has 0 aromatic heterocycles. The van der Waals surface area contributed by atoms with Gasteiger partial charge in [-0.25, -0.2) is 4.79 Å². The molecule has 0 heterocycles. The number of rotatable bonds is 8. The molecule has 0 amide bonds. The number of esters is 1. The van der Waals surface area contributed by atoms with Crippen LogP contribution >= 0.6 is 15.9 Å². The molecular weight excluding hydrogens is 348 g/mol. The summed E-state index contributed by atoms with van der Waals surface area (Å²) in [5.74, 6) is -0.347. The highest BCUT2D eigenvalue weighted by atomic mass is 79.9. The molecule has 3 nitrogen and oxygen atoms in total. The van der Waals surface area contributed by atoms with Crippen LogP contribution in [0, 0.1) is 0 Å². The third kappa shape index (κ3) is 6.16. The van der Waals surface area contributed by atoms with Crippen LogP contribution in [-0.4, -0.2) is 25.8 Å². The number of benzene rings is 1. The van der Waals surface area contributed by atoms with Crippen LogP contribution in [0.15, 0.2) is 42.5 Å². The molecule has 0 aliphatic rings. The third-order valence-corrected chi connectivity index (χ3v) is 8.57. The second kappa shape index (κ2) is 8.51. The molecule has 1 atom stereocenters. The van der Waals surface area contributed by atoms with E-state index in [1.807, 2.05) is 30.3 Å². The zero-order chi connectivity index (χ0) is 15.9. The van der Waals surface area contributed by atoms with Crippen molar-refractivity contribution < 1.29 is 14.0 Å². The van der Waals surface area contributed by atoms with Gasteiger partial charge in [0.05, 0.1) is 12.7 Å². The number of ether oxygens (including phenoxy) is 1. The fourth-order valence-electron chi connectivity index (χ4n) is 1.85. The van der Waals surface area contributed by atoms with Crippen LogP contribution in [0.4, 0.5) is 0 Å². The zero-order valence-electron chi connectivity index (χ0n) is 12.9. The molecule has 0 N–H and O–H groups in total. The van der Waals surface area contributed by atoms with Crippen molar-refractivity contribution >= 4 is 30.2 Å². The Morgan fingerprint density at radius 2 is 1.95 bits per heavy atom. The Balaban J connectivity index is 2.88. The summed E-state index contributed by atoms with van der Waals surface area (Å²) in [7, 11) is -1.82. The largest absolute Gasteiger partial charge is 0.463 e. The molecule has 0 bridgehead atoms. The second-order valence-corrected chi connectivity index (χ2v) is 11.1. The van der Waals surface area contributed by atoms with Gasteiger partial charge in [-0.2, -0.15) is 0 Å². The SMILES string of the molecule is C=C(C[C@@H](O[Si](C)(C)CBr)c1ccccc1)C(=O)OCC. The van der Waals surface area contributed by atoms with Crippen molar-refractivity contribution in [1.82, 2.24) is 0 Å². The number of hydrogen-bond acceptors (Lipinski definition) is 3. The Kier molecular flexibility index (Phi) is 7.35. The van der Waals surface area contributed by atoms with E-state index in [2.05, 4.69) is 35.6 Å². The Labute approximate surface area is 136 Å². The highest BCUT2D eigenvalue weighted by molar-refractivity contribution is 9.09. The van der Waals surface area contributed by atoms with Crippen molar-refractivity contribution in [3.8, 4) is 0 Å². The topological polar surface area (TPSA) is 35.5 Å². The van der Waals surface area contributed by atoms with E-state index in [9.17, 15) is 4.79 Å². The van der Waals surface area contributed by atoms with E-state index in [-0.39, 0.29) is 12.1 Å². The fourth-order valence-corrected chi connectivity index (χ4v) is 3.30.